The first-order valence-electron chi connectivity index (χ1n) is 6.70. The maximum atomic E-state index is 12.2. The van der Waals surface area contributed by atoms with E-state index in [1.54, 1.807) is 17.9 Å². The number of carbonyl (C=O) groups excluding carboxylic acids is 1. The molecule has 4 unspecified atom stereocenters. The van der Waals surface area contributed by atoms with E-state index in [2.05, 4.69) is 10.4 Å². The molecule has 20 heavy (non-hydrogen) atoms. The lowest BCUT2D eigenvalue weighted by atomic mass is 9.78. The first-order chi connectivity index (χ1) is 9.56. The van der Waals surface area contributed by atoms with E-state index < -0.39 is 17.8 Å². The minimum atomic E-state index is -0.946. The number of carboxylic acid groups (broad SMARTS) is 1. The number of amides is 1. The van der Waals surface area contributed by atoms with Gasteiger partial charge in [-0.1, -0.05) is 0 Å². The van der Waals surface area contributed by atoms with E-state index in [9.17, 15) is 14.7 Å². The zero-order chi connectivity index (χ0) is 14.3. The van der Waals surface area contributed by atoms with Crippen molar-refractivity contribution in [2.75, 3.05) is 0 Å². The molecule has 3 heterocycles. The normalized spacial score (nSPS) is 31.4. The third-order valence-electron chi connectivity index (χ3n) is 4.09. The van der Waals surface area contributed by atoms with Crippen molar-refractivity contribution in [2.24, 2.45) is 18.9 Å². The van der Waals surface area contributed by atoms with Gasteiger partial charge < -0.3 is 15.2 Å². The number of rotatable bonds is 4. The van der Waals surface area contributed by atoms with Crippen LogP contribution in [0.4, 0.5) is 0 Å². The molecular weight excluding hydrogens is 262 g/mol. The van der Waals surface area contributed by atoms with Crippen molar-refractivity contribution >= 4 is 11.9 Å². The van der Waals surface area contributed by atoms with E-state index in [0.717, 1.165) is 18.4 Å². The largest absolute Gasteiger partial charge is 0.481 e. The van der Waals surface area contributed by atoms with Gasteiger partial charge in [0.05, 0.1) is 30.2 Å². The summed E-state index contributed by atoms with van der Waals surface area (Å²) in [5.41, 5.74) is 0.886. The highest BCUT2D eigenvalue weighted by molar-refractivity contribution is 5.86. The summed E-state index contributed by atoms with van der Waals surface area (Å²) >= 11 is 0. The van der Waals surface area contributed by atoms with E-state index in [1.165, 1.54) is 0 Å². The third kappa shape index (κ3) is 2.18. The summed E-state index contributed by atoms with van der Waals surface area (Å²) in [5.74, 6) is -2.49. The van der Waals surface area contributed by atoms with Crippen molar-refractivity contribution in [3.63, 3.8) is 0 Å². The minimum Gasteiger partial charge on any atom is -0.481 e. The SMILES string of the molecule is Cn1cc(CNC(=O)C2C3CCC(O3)C2C(=O)O)cn1. The number of nitrogens with one attached hydrogen (secondary N) is 1. The lowest BCUT2D eigenvalue weighted by Crippen LogP contribution is -2.43. The van der Waals surface area contributed by atoms with Crippen LogP contribution in [0.25, 0.3) is 0 Å². The number of carbonyl (C=O) groups is 2. The fourth-order valence-electron chi connectivity index (χ4n) is 3.19. The van der Waals surface area contributed by atoms with Crippen molar-refractivity contribution in [1.29, 1.82) is 0 Å². The summed E-state index contributed by atoms with van der Waals surface area (Å²) in [4.78, 5) is 23.6. The maximum absolute atomic E-state index is 12.2. The Bertz CT molecular complexity index is 541. The number of nitrogens with zero attached hydrogens (tertiary/aromatic N) is 2. The standard InChI is InChI=1S/C13H17N3O4/c1-16-6-7(5-15-16)4-14-12(17)10-8-2-3-9(20-8)11(10)13(18)19/h5-6,8-11H,2-4H2,1H3,(H,14,17)(H,18,19). The molecule has 2 fully saturated rings. The quantitative estimate of drug-likeness (QED) is 0.803. The molecule has 0 saturated carbocycles. The summed E-state index contributed by atoms with van der Waals surface area (Å²) in [5, 5.41) is 16.1. The highest BCUT2D eigenvalue weighted by Gasteiger charge is 2.55. The Morgan fingerprint density at radius 3 is 2.75 bits per heavy atom. The highest BCUT2D eigenvalue weighted by atomic mass is 16.5. The smallest absolute Gasteiger partial charge is 0.310 e. The molecule has 1 amide bonds. The van der Waals surface area contributed by atoms with Crippen LogP contribution in [-0.2, 0) is 27.9 Å². The molecule has 108 valence electrons. The van der Waals surface area contributed by atoms with Gasteiger partial charge in [-0.05, 0) is 12.8 Å². The average molecular weight is 279 g/mol. The Hall–Kier alpha value is -1.89. The molecule has 7 nitrogen and oxygen atoms in total. The summed E-state index contributed by atoms with van der Waals surface area (Å²) < 4.78 is 7.23. The Labute approximate surface area is 115 Å². The molecule has 2 saturated heterocycles. The van der Waals surface area contributed by atoms with Crippen LogP contribution >= 0.6 is 0 Å². The van der Waals surface area contributed by atoms with Crippen LogP contribution in [-0.4, -0.2) is 39.0 Å². The van der Waals surface area contributed by atoms with Gasteiger partial charge in [0.2, 0.25) is 5.91 Å². The van der Waals surface area contributed by atoms with E-state index >= 15 is 0 Å². The average Bonchev–Trinajstić information content (AvgIpc) is 3.10. The molecule has 2 aliphatic rings. The zero-order valence-corrected chi connectivity index (χ0v) is 11.2. The molecule has 7 heteroatoms. The van der Waals surface area contributed by atoms with E-state index in [-0.39, 0.29) is 18.1 Å². The van der Waals surface area contributed by atoms with Crippen molar-refractivity contribution in [1.82, 2.24) is 15.1 Å². The second-order valence-electron chi connectivity index (χ2n) is 5.42. The van der Waals surface area contributed by atoms with E-state index in [4.69, 9.17) is 4.74 Å². The van der Waals surface area contributed by atoms with Crippen LogP contribution in [0.1, 0.15) is 18.4 Å². The predicted octanol–water partition coefficient (Wildman–Crippen LogP) is -0.0855. The number of hydrogen-bond acceptors (Lipinski definition) is 4. The van der Waals surface area contributed by atoms with E-state index in [0.29, 0.717) is 6.54 Å². The number of ether oxygens (including phenoxy) is 1. The fraction of sp³-hybridized carbons (Fsp3) is 0.615. The number of fused-ring (bicyclic) bond motifs is 2. The first kappa shape index (κ1) is 13.1. The second-order valence-corrected chi connectivity index (χ2v) is 5.42. The van der Waals surface area contributed by atoms with Crippen LogP contribution in [0.2, 0.25) is 0 Å². The molecule has 4 atom stereocenters. The Morgan fingerprint density at radius 2 is 2.15 bits per heavy atom. The highest BCUT2D eigenvalue weighted by Crippen LogP contribution is 2.43. The molecule has 2 N–H and O–H groups in total. The van der Waals surface area contributed by atoms with Crippen LogP contribution in [0.3, 0.4) is 0 Å². The maximum Gasteiger partial charge on any atom is 0.310 e. The molecule has 2 bridgehead atoms. The lowest BCUT2D eigenvalue weighted by Gasteiger charge is -2.23. The van der Waals surface area contributed by atoms with Gasteiger partial charge in [0.25, 0.3) is 0 Å². The van der Waals surface area contributed by atoms with Crippen molar-refractivity contribution in [3.8, 4) is 0 Å². The van der Waals surface area contributed by atoms with Gasteiger partial charge in [0.15, 0.2) is 0 Å². The van der Waals surface area contributed by atoms with Gasteiger partial charge in [-0.25, -0.2) is 0 Å². The monoisotopic (exact) mass is 279 g/mol. The minimum absolute atomic E-state index is 0.242. The fourth-order valence-corrected chi connectivity index (χ4v) is 3.19. The Kier molecular flexibility index (Phi) is 3.21. The van der Waals surface area contributed by atoms with Crippen LogP contribution in [0.5, 0.6) is 0 Å². The summed E-state index contributed by atoms with van der Waals surface area (Å²) in [6, 6.07) is 0. The summed E-state index contributed by atoms with van der Waals surface area (Å²) in [6.45, 7) is 0.354. The van der Waals surface area contributed by atoms with Gasteiger partial charge in [-0.3, -0.25) is 14.3 Å². The van der Waals surface area contributed by atoms with Crippen molar-refractivity contribution in [3.05, 3.63) is 18.0 Å². The molecule has 1 aromatic rings. The number of aromatic nitrogens is 2. The Balaban J connectivity index is 1.65. The molecule has 1 aromatic heterocycles. The molecular formula is C13H17N3O4. The van der Waals surface area contributed by atoms with Crippen LogP contribution < -0.4 is 5.32 Å². The van der Waals surface area contributed by atoms with E-state index in [1.807, 2.05) is 6.20 Å². The predicted molar refractivity (Wildman–Crippen MR) is 67.6 cm³/mol. The number of aliphatic carboxylic acids is 1. The third-order valence-corrected chi connectivity index (χ3v) is 4.09. The second kappa shape index (κ2) is 4.90. The van der Waals surface area contributed by atoms with Gasteiger partial charge >= 0.3 is 5.97 Å². The summed E-state index contributed by atoms with van der Waals surface area (Å²) in [7, 11) is 1.80. The zero-order valence-electron chi connectivity index (χ0n) is 11.2. The molecule has 0 radical (unpaired) electrons. The molecule has 2 aliphatic heterocycles. The van der Waals surface area contributed by atoms with Crippen molar-refractivity contribution < 1.29 is 19.4 Å². The molecule has 0 spiro atoms. The molecule has 0 aromatic carbocycles. The van der Waals surface area contributed by atoms with Crippen molar-refractivity contribution in [2.45, 2.75) is 31.6 Å². The van der Waals surface area contributed by atoms with Gasteiger partial charge in [-0.15, -0.1) is 0 Å². The molecule has 3 rings (SSSR count). The number of hydrogen-bond donors (Lipinski definition) is 2. The van der Waals surface area contributed by atoms with Crippen LogP contribution in [0, 0.1) is 11.8 Å². The lowest BCUT2D eigenvalue weighted by molar-refractivity contribution is -0.147. The first-order valence-corrected chi connectivity index (χ1v) is 6.70. The summed E-state index contributed by atoms with van der Waals surface area (Å²) in [6.07, 6.45) is 4.41. The van der Waals surface area contributed by atoms with Crippen LogP contribution in [0.15, 0.2) is 12.4 Å². The number of carboxylic acids is 1. The van der Waals surface area contributed by atoms with Gasteiger partial charge in [0.1, 0.15) is 0 Å². The number of aryl methyl sites for hydroxylation is 1. The topological polar surface area (TPSA) is 93.5 Å². The molecule has 0 aliphatic carbocycles. The van der Waals surface area contributed by atoms with Gasteiger partial charge in [0, 0.05) is 25.4 Å². The van der Waals surface area contributed by atoms with Gasteiger partial charge in [-0.2, -0.15) is 5.10 Å². The Morgan fingerprint density at radius 1 is 1.45 bits per heavy atom.